The number of nitro benzene ring substituents is 1. The number of halogens is 1. The number of non-ortho nitro benzene ring substituents is 1. The molecule has 7 heteroatoms. The van der Waals surface area contributed by atoms with Crippen LogP contribution in [0.15, 0.2) is 41.4 Å². The van der Waals surface area contributed by atoms with Gasteiger partial charge in [-0.15, -0.1) is 0 Å². The Kier molecular flexibility index (Phi) is 6.36. The van der Waals surface area contributed by atoms with Crippen molar-refractivity contribution in [3.8, 4) is 11.5 Å². The van der Waals surface area contributed by atoms with Crippen LogP contribution in [-0.2, 0) is 0 Å². The highest BCUT2D eigenvalue weighted by Crippen LogP contribution is 2.37. The van der Waals surface area contributed by atoms with E-state index in [4.69, 9.17) is 21.1 Å². The Morgan fingerprint density at radius 1 is 1.36 bits per heavy atom. The minimum absolute atomic E-state index is 0.00999. The summed E-state index contributed by atoms with van der Waals surface area (Å²) >= 11 is 6.31. The number of ether oxygens (including phenoxy) is 2. The van der Waals surface area contributed by atoms with E-state index in [0.717, 1.165) is 6.42 Å². The molecule has 0 saturated heterocycles. The van der Waals surface area contributed by atoms with Gasteiger partial charge in [0.1, 0.15) is 0 Å². The van der Waals surface area contributed by atoms with Crippen LogP contribution in [-0.4, -0.2) is 24.4 Å². The van der Waals surface area contributed by atoms with Gasteiger partial charge in [-0.2, -0.15) is 0 Å². The Morgan fingerprint density at radius 3 is 2.76 bits per heavy atom. The fourth-order valence-corrected chi connectivity index (χ4v) is 2.31. The Morgan fingerprint density at radius 2 is 2.12 bits per heavy atom. The van der Waals surface area contributed by atoms with Gasteiger partial charge in [0.15, 0.2) is 11.5 Å². The molecule has 0 N–H and O–H groups in total. The van der Waals surface area contributed by atoms with Crippen LogP contribution >= 0.6 is 11.6 Å². The van der Waals surface area contributed by atoms with E-state index in [-0.39, 0.29) is 11.8 Å². The van der Waals surface area contributed by atoms with Crippen molar-refractivity contribution in [2.75, 3.05) is 7.11 Å². The van der Waals surface area contributed by atoms with Gasteiger partial charge in [0.05, 0.1) is 28.8 Å². The van der Waals surface area contributed by atoms with Crippen LogP contribution in [0.3, 0.4) is 0 Å². The van der Waals surface area contributed by atoms with E-state index in [2.05, 4.69) is 4.99 Å². The standard InChI is InChI=1S/C18H19ClN2O4/c1-4-12(2)25-18-16(19)8-13(9-17(18)24-3)11-20-14-6-5-7-15(10-14)21(22)23/h5-12H,4H2,1-3H3/t12-/m0/s1. The van der Waals surface area contributed by atoms with E-state index < -0.39 is 4.92 Å². The molecule has 1 atom stereocenters. The summed E-state index contributed by atoms with van der Waals surface area (Å²) in [5.41, 5.74) is 1.16. The van der Waals surface area contributed by atoms with Gasteiger partial charge >= 0.3 is 0 Å². The van der Waals surface area contributed by atoms with Gasteiger partial charge in [-0.1, -0.05) is 24.6 Å². The molecule has 0 aromatic heterocycles. The van der Waals surface area contributed by atoms with Crippen LogP contribution in [0.1, 0.15) is 25.8 Å². The van der Waals surface area contributed by atoms with Crippen LogP contribution in [0.5, 0.6) is 11.5 Å². The minimum atomic E-state index is -0.458. The lowest BCUT2D eigenvalue weighted by molar-refractivity contribution is -0.384. The topological polar surface area (TPSA) is 74.0 Å². The van der Waals surface area contributed by atoms with Crippen LogP contribution in [0.4, 0.5) is 11.4 Å². The third-order valence-electron chi connectivity index (χ3n) is 3.55. The lowest BCUT2D eigenvalue weighted by atomic mass is 10.2. The molecular formula is C18H19ClN2O4. The number of hydrogen-bond acceptors (Lipinski definition) is 5. The first-order valence-electron chi connectivity index (χ1n) is 7.77. The maximum atomic E-state index is 10.8. The third-order valence-corrected chi connectivity index (χ3v) is 3.83. The van der Waals surface area contributed by atoms with Gasteiger partial charge in [-0.3, -0.25) is 15.1 Å². The maximum absolute atomic E-state index is 10.8. The number of rotatable bonds is 7. The van der Waals surface area contributed by atoms with Gasteiger partial charge in [-0.05, 0) is 37.1 Å². The molecule has 2 aromatic carbocycles. The van der Waals surface area contributed by atoms with E-state index >= 15 is 0 Å². The van der Waals surface area contributed by atoms with Crippen molar-refractivity contribution in [3.05, 3.63) is 57.1 Å². The van der Waals surface area contributed by atoms with E-state index in [1.54, 1.807) is 30.5 Å². The Hall–Kier alpha value is -2.60. The number of nitro groups is 1. The number of aliphatic imine (C=N–C) groups is 1. The van der Waals surface area contributed by atoms with E-state index in [0.29, 0.717) is 27.8 Å². The van der Waals surface area contributed by atoms with E-state index in [9.17, 15) is 10.1 Å². The third kappa shape index (κ3) is 4.93. The van der Waals surface area contributed by atoms with E-state index in [1.807, 2.05) is 13.8 Å². The van der Waals surface area contributed by atoms with Crippen molar-refractivity contribution in [2.45, 2.75) is 26.4 Å². The largest absolute Gasteiger partial charge is 0.493 e. The first-order chi connectivity index (χ1) is 11.9. The molecule has 0 heterocycles. The highest BCUT2D eigenvalue weighted by molar-refractivity contribution is 6.32. The van der Waals surface area contributed by atoms with Gasteiger partial charge in [0.25, 0.3) is 5.69 Å². The second kappa shape index (κ2) is 8.48. The number of nitrogens with zero attached hydrogens (tertiary/aromatic N) is 2. The molecule has 0 unspecified atom stereocenters. The molecule has 0 fully saturated rings. The van der Waals surface area contributed by atoms with Crippen LogP contribution < -0.4 is 9.47 Å². The normalized spacial score (nSPS) is 12.2. The number of hydrogen-bond donors (Lipinski definition) is 0. The molecule has 0 amide bonds. The monoisotopic (exact) mass is 362 g/mol. The first-order valence-corrected chi connectivity index (χ1v) is 8.15. The lowest BCUT2D eigenvalue weighted by Crippen LogP contribution is -2.11. The molecule has 25 heavy (non-hydrogen) atoms. The van der Waals surface area contributed by atoms with Crippen molar-refractivity contribution >= 4 is 29.2 Å². The quantitative estimate of drug-likeness (QED) is 0.386. The Labute approximate surface area is 151 Å². The molecule has 2 rings (SSSR count). The molecule has 132 valence electrons. The van der Waals surface area contributed by atoms with Crippen molar-refractivity contribution in [1.82, 2.24) is 0 Å². The smallest absolute Gasteiger partial charge is 0.271 e. The van der Waals surface area contributed by atoms with Crippen molar-refractivity contribution in [3.63, 3.8) is 0 Å². The molecule has 0 aliphatic carbocycles. The van der Waals surface area contributed by atoms with E-state index in [1.165, 1.54) is 19.2 Å². The summed E-state index contributed by atoms with van der Waals surface area (Å²) in [6.45, 7) is 3.97. The highest BCUT2D eigenvalue weighted by Gasteiger charge is 2.14. The minimum Gasteiger partial charge on any atom is -0.493 e. The van der Waals surface area contributed by atoms with Crippen LogP contribution in [0.2, 0.25) is 5.02 Å². The molecule has 0 aliphatic heterocycles. The molecule has 0 bridgehead atoms. The molecule has 0 spiro atoms. The zero-order valence-electron chi connectivity index (χ0n) is 14.2. The van der Waals surface area contributed by atoms with Gasteiger partial charge in [-0.25, -0.2) is 0 Å². The number of methoxy groups -OCH3 is 1. The maximum Gasteiger partial charge on any atom is 0.271 e. The number of benzene rings is 2. The fourth-order valence-electron chi connectivity index (χ4n) is 2.05. The van der Waals surface area contributed by atoms with Gasteiger partial charge < -0.3 is 9.47 Å². The van der Waals surface area contributed by atoms with Crippen molar-refractivity contribution in [2.24, 2.45) is 4.99 Å². The molecular weight excluding hydrogens is 344 g/mol. The molecule has 6 nitrogen and oxygen atoms in total. The summed E-state index contributed by atoms with van der Waals surface area (Å²) in [7, 11) is 1.54. The molecule has 0 aliphatic rings. The van der Waals surface area contributed by atoms with Crippen molar-refractivity contribution < 1.29 is 14.4 Å². The van der Waals surface area contributed by atoms with Gasteiger partial charge in [0, 0.05) is 18.3 Å². The van der Waals surface area contributed by atoms with Crippen LogP contribution in [0.25, 0.3) is 0 Å². The first kappa shape index (κ1) is 18.7. The summed E-state index contributed by atoms with van der Waals surface area (Å²) in [5.74, 6) is 0.999. The predicted molar refractivity (Wildman–Crippen MR) is 98.7 cm³/mol. The molecule has 0 saturated carbocycles. The molecule has 0 radical (unpaired) electrons. The summed E-state index contributed by atoms with van der Waals surface area (Å²) in [6, 6.07) is 9.55. The molecule has 2 aromatic rings. The summed E-state index contributed by atoms with van der Waals surface area (Å²) in [5, 5.41) is 11.2. The zero-order valence-corrected chi connectivity index (χ0v) is 15.0. The SMILES string of the molecule is CC[C@H](C)Oc1c(Cl)cc(C=Nc2cccc([N+](=O)[O-])c2)cc1OC. The Balaban J connectivity index is 2.29. The lowest BCUT2D eigenvalue weighted by Gasteiger charge is -2.17. The average Bonchev–Trinajstić information content (AvgIpc) is 2.61. The second-order valence-electron chi connectivity index (χ2n) is 5.41. The summed E-state index contributed by atoms with van der Waals surface area (Å²) < 4.78 is 11.2. The fraction of sp³-hybridized carbons (Fsp3) is 0.278. The zero-order chi connectivity index (χ0) is 18.4. The van der Waals surface area contributed by atoms with Gasteiger partial charge in [0.2, 0.25) is 0 Å². The Bertz CT molecular complexity index is 793. The summed E-state index contributed by atoms with van der Waals surface area (Å²) in [4.78, 5) is 14.6. The van der Waals surface area contributed by atoms with Crippen LogP contribution in [0, 0.1) is 10.1 Å². The summed E-state index contributed by atoms with van der Waals surface area (Å²) in [6.07, 6.45) is 2.42. The van der Waals surface area contributed by atoms with Crippen molar-refractivity contribution in [1.29, 1.82) is 0 Å². The predicted octanol–water partition coefficient (Wildman–Crippen LogP) is 5.18. The average molecular weight is 363 g/mol. The highest BCUT2D eigenvalue weighted by atomic mass is 35.5. The second-order valence-corrected chi connectivity index (χ2v) is 5.81.